The van der Waals surface area contributed by atoms with Crippen molar-refractivity contribution < 1.29 is 9.90 Å². The van der Waals surface area contributed by atoms with Crippen molar-refractivity contribution in [3.05, 3.63) is 23.3 Å². The summed E-state index contributed by atoms with van der Waals surface area (Å²) >= 11 is 0. The van der Waals surface area contributed by atoms with Crippen LogP contribution in [0.3, 0.4) is 0 Å². The van der Waals surface area contributed by atoms with Crippen molar-refractivity contribution in [2.75, 3.05) is 20.2 Å². The molecule has 5 nitrogen and oxygen atoms in total. The molecule has 0 saturated heterocycles. The third-order valence-corrected chi connectivity index (χ3v) is 5.09. The minimum atomic E-state index is -0.118. The minimum absolute atomic E-state index is 0.0421. The van der Waals surface area contributed by atoms with Crippen LogP contribution >= 0.6 is 0 Å². The van der Waals surface area contributed by atoms with Crippen LogP contribution in [-0.4, -0.2) is 46.1 Å². The van der Waals surface area contributed by atoms with Crippen molar-refractivity contribution >= 4 is 5.91 Å². The van der Waals surface area contributed by atoms with Crippen LogP contribution in [0.5, 0.6) is 0 Å². The van der Waals surface area contributed by atoms with Crippen LogP contribution in [0, 0.1) is 12.3 Å². The van der Waals surface area contributed by atoms with Crippen LogP contribution in [0.25, 0.3) is 0 Å². The summed E-state index contributed by atoms with van der Waals surface area (Å²) in [6.45, 7) is 2.64. The number of carbonyl (C=O) groups excluding carboxylic acids is 1. The van der Waals surface area contributed by atoms with E-state index in [0.717, 1.165) is 50.0 Å². The van der Waals surface area contributed by atoms with Crippen molar-refractivity contribution in [1.29, 1.82) is 0 Å². The summed E-state index contributed by atoms with van der Waals surface area (Å²) in [5.74, 6) is 1.33. The molecule has 1 aromatic rings. The van der Waals surface area contributed by atoms with Crippen molar-refractivity contribution in [2.45, 2.75) is 51.4 Å². The average molecular weight is 303 g/mol. The van der Waals surface area contributed by atoms with Gasteiger partial charge in [-0.05, 0) is 32.6 Å². The highest BCUT2D eigenvalue weighted by atomic mass is 16.3. The van der Waals surface area contributed by atoms with Crippen LogP contribution in [0.15, 0.2) is 6.20 Å². The maximum atomic E-state index is 12.7. The number of aliphatic hydroxyl groups is 1. The van der Waals surface area contributed by atoms with Gasteiger partial charge in [0.15, 0.2) is 0 Å². The fourth-order valence-corrected chi connectivity index (χ4v) is 3.50. The highest BCUT2D eigenvalue weighted by Crippen LogP contribution is 2.39. The number of aromatic nitrogens is 2. The Bertz CT molecular complexity index is 563. The number of rotatable bonds is 5. The van der Waals surface area contributed by atoms with Gasteiger partial charge in [0.2, 0.25) is 0 Å². The van der Waals surface area contributed by atoms with Crippen molar-refractivity contribution in [3.8, 4) is 0 Å². The fraction of sp³-hybridized carbons (Fsp3) is 0.706. The quantitative estimate of drug-likeness (QED) is 0.906. The molecule has 3 rings (SSSR count). The number of amides is 1. The van der Waals surface area contributed by atoms with E-state index in [1.54, 1.807) is 11.1 Å². The molecule has 1 aromatic heterocycles. The number of hydrogen-bond donors (Lipinski definition) is 1. The van der Waals surface area contributed by atoms with Gasteiger partial charge in [0, 0.05) is 31.1 Å². The van der Waals surface area contributed by atoms with Crippen molar-refractivity contribution in [2.24, 2.45) is 5.41 Å². The van der Waals surface area contributed by atoms with E-state index in [1.807, 2.05) is 14.0 Å². The van der Waals surface area contributed by atoms with Gasteiger partial charge in [-0.1, -0.05) is 12.8 Å². The molecule has 0 radical (unpaired) electrons. The van der Waals surface area contributed by atoms with Gasteiger partial charge in [0.05, 0.1) is 17.9 Å². The zero-order valence-electron chi connectivity index (χ0n) is 13.5. The maximum absolute atomic E-state index is 12.7. The van der Waals surface area contributed by atoms with E-state index in [-0.39, 0.29) is 17.9 Å². The van der Waals surface area contributed by atoms with E-state index >= 15 is 0 Å². The summed E-state index contributed by atoms with van der Waals surface area (Å²) in [6.07, 6.45) is 8.27. The fourth-order valence-electron chi connectivity index (χ4n) is 3.50. The molecule has 0 spiro atoms. The van der Waals surface area contributed by atoms with Gasteiger partial charge in [0.25, 0.3) is 5.91 Å². The molecule has 0 unspecified atom stereocenters. The van der Waals surface area contributed by atoms with Crippen LogP contribution < -0.4 is 0 Å². The smallest absolute Gasteiger partial charge is 0.257 e. The lowest BCUT2D eigenvalue weighted by molar-refractivity contribution is 0.0593. The van der Waals surface area contributed by atoms with Crippen molar-refractivity contribution in [3.63, 3.8) is 0 Å². The van der Waals surface area contributed by atoms with Gasteiger partial charge in [-0.15, -0.1) is 0 Å². The Balaban J connectivity index is 1.72. The Labute approximate surface area is 131 Å². The summed E-state index contributed by atoms with van der Waals surface area (Å²) in [6, 6.07) is 0. The van der Waals surface area contributed by atoms with E-state index < -0.39 is 0 Å². The van der Waals surface area contributed by atoms with Gasteiger partial charge >= 0.3 is 0 Å². The van der Waals surface area contributed by atoms with Crippen LogP contribution in [0.1, 0.15) is 66.3 Å². The summed E-state index contributed by atoms with van der Waals surface area (Å²) in [5.41, 5.74) is 1.23. The molecule has 2 fully saturated rings. The molecular formula is C17H25N3O2. The molecule has 0 atom stereocenters. The molecule has 2 aliphatic rings. The predicted molar refractivity (Wildman–Crippen MR) is 83.7 cm³/mol. The van der Waals surface area contributed by atoms with Gasteiger partial charge in [-0.3, -0.25) is 4.79 Å². The zero-order chi connectivity index (χ0) is 15.7. The van der Waals surface area contributed by atoms with Crippen molar-refractivity contribution in [1.82, 2.24) is 14.9 Å². The second kappa shape index (κ2) is 5.95. The summed E-state index contributed by atoms with van der Waals surface area (Å²) < 4.78 is 0. The van der Waals surface area contributed by atoms with E-state index in [4.69, 9.17) is 0 Å². The molecule has 22 heavy (non-hydrogen) atoms. The standard InChI is InChI=1S/C17H25N3O2/c1-12-14(9-18-15(19-12)13-5-6-13)16(22)20(2)10-17(11-21)7-3-4-8-17/h9,13,21H,3-8,10-11H2,1-2H3. The Kier molecular flexibility index (Phi) is 4.17. The zero-order valence-corrected chi connectivity index (χ0v) is 13.5. The molecule has 0 aromatic carbocycles. The van der Waals surface area contributed by atoms with Crippen LogP contribution in [-0.2, 0) is 0 Å². The average Bonchev–Trinajstić information content (AvgIpc) is 3.27. The Hall–Kier alpha value is -1.49. The third kappa shape index (κ3) is 3.00. The lowest BCUT2D eigenvalue weighted by Gasteiger charge is -2.32. The first kappa shape index (κ1) is 15.4. The Morgan fingerprint density at radius 1 is 1.41 bits per heavy atom. The Morgan fingerprint density at radius 2 is 2.09 bits per heavy atom. The summed E-state index contributed by atoms with van der Waals surface area (Å²) in [7, 11) is 1.81. The SMILES string of the molecule is Cc1nc(C2CC2)ncc1C(=O)N(C)CC1(CO)CCCC1. The predicted octanol–water partition coefficient (Wildman–Crippen LogP) is 2.29. The second-order valence-corrected chi connectivity index (χ2v) is 7.03. The van der Waals surface area contributed by atoms with Gasteiger partial charge < -0.3 is 10.0 Å². The largest absolute Gasteiger partial charge is 0.396 e. The molecule has 2 aliphatic carbocycles. The molecule has 2 saturated carbocycles. The first-order valence-electron chi connectivity index (χ1n) is 8.24. The third-order valence-electron chi connectivity index (χ3n) is 5.09. The molecule has 1 N–H and O–H groups in total. The molecule has 0 aliphatic heterocycles. The topological polar surface area (TPSA) is 66.3 Å². The minimum Gasteiger partial charge on any atom is -0.396 e. The highest BCUT2D eigenvalue weighted by molar-refractivity contribution is 5.94. The Morgan fingerprint density at radius 3 is 2.64 bits per heavy atom. The normalized spacial score (nSPS) is 20.1. The van der Waals surface area contributed by atoms with Gasteiger partial charge in [-0.25, -0.2) is 9.97 Å². The molecule has 1 heterocycles. The summed E-state index contributed by atoms with van der Waals surface area (Å²) in [4.78, 5) is 23.3. The molecule has 0 bridgehead atoms. The number of hydrogen-bond acceptors (Lipinski definition) is 4. The molecule has 5 heteroatoms. The van der Waals surface area contributed by atoms with Gasteiger partial charge in [-0.2, -0.15) is 0 Å². The monoisotopic (exact) mass is 303 g/mol. The van der Waals surface area contributed by atoms with Crippen LogP contribution in [0.2, 0.25) is 0 Å². The lowest BCUT2D eigenvalue weighted by Crippen LogP contribution is -2.40. The molecule has 120 valence electrons. The van der Waals surface area contributed by atoms with Gasteiger partial charge in [0.1, 0.15) is 5.82 Å². The highest BCUT2D eigenvalue weighted by Gasteiger charge is 2.36. The van der Waals surface area contributed by atoms with Crippen LogP contribution in [0.4, 0.5) is 0 Å². The maximum Gasteiger partial charge on any atom is 0.257 e. The number of nitrogens with zero attached hydrogens (tertiary/aromatic N) is 3. The second-order valence-electron chi connectivity index (χ2n) is 7.03. The number of aryl methyl sites for hydroxylation is 1. The van der Waals surface area contributed by atoms with E-state index in [9.17, 15) is 9.90 Å². The van der Waals surface area contributed by atoms with E-state index in [2.05, 4.69) is 9.97 Å². The molecule has 1 amide bonds. The van der Waals surface area contributed by atoms with E-state index in [1.165, 1.54) is 0 Å². The first-order valence-corrected chi connectivity index (χ1v) is 8.24. The number of carbonyl (C=O) groups is 1. The first-order chi connectivity index (χ1) is 10.5. The lowest BCUT2D eigenvalue weighted by atomic mass is 9.86. The van der Waals surface area contributed by atoms with E-state index in [0.29, 0.717) is 18.0 Å². The molecular weight excluding hydrogens is 278 g/mol. The number of aliphatic hydroxyl groups excluding tert-OH is 1. The summed E-state index contributed by atoms with van der Waals surface area (Å²) in [5, 5.41) is 9.71.